The number of nitrogens with one attached hydrogen (secondary N) is 1. The largest absolute Gasteiger partial charge is 0.307 e. The average molecular weight is 331 g/mol. The fourth-order valence-corrected chi connectivity index (χ4v) is 4.70. The summed E-state index contributed by atoms with van der Waals surface area (Å²) in [6.45, 7) is 15.1. The van der Waals surface area contributed by atoms with Crippen molar-refractivity contribution in [3.05, 3.63) is 24.3 Å². The van der Waals surface area contributed by atoms with Gasteiger partial charge < -0.3 is 5.32 Å². The molecule has 0 atom stereocenters. The van der Waals surface area contributed by atoms with E-state index in [1.165, 1.54) is 18.6 Å². The quantitative estimate of drug-likeness (QED) is 0.613. The van der Waals surface area contributed by atoms with Gasteiger partial charge in [-0.3, -0.25) is 4.99 Å². The van der Waals surface area contributed by atoms with Gasteiger partial charge in [0.15, 0.2) is 0 Å². The summed E-state index contributed by atoms with van der Waals surface area (Å²) in [5.41, 5.74) is 1.94. The lowest BCUT2D eigenvalue weighted by atomic mass is 9.67. The van der Waals surface area contributed by atoms with E-state index >= 15 is 0 Å². The number of nitrogens with zero attached hydrogens (tertiary/aromatic N) is 1. The van der Waals surface area contributed by atoms with Gasteiger partial charge in [-0.1, -0.05) is 38.2 Å². The molecule has 2 aliphatic heterocycles. The first kappa shape index (κ1) is 19.4. The molecular formula is C22H38N2. The maximum Gasteiger partial charge on any atom is 0.0423 e. The Bertz CT molecular complexity index is 490. The van der Waals surface area contributed by atoms with Gasteiger partial charge >= 0.3 is 0 Å². The van der Waals surface area contributed by atoms with Crippen LogP contribution in [0.4, 0.5) is 0 Å². The molecule has 0 radical (unpaired) electrons. The Kier molecular flexibility index (Phi) is 6.12. The minimum Gasteiger partial charge on any atom is -0.307 e. The van der Waals surface area contributed by atoms with Gasteiger partial charge in [0.25, 0.3) is 0 Å². The van der Waals surface area contributed by atoms with Gasteiger partial charge in [-0.2, -0.15) is 0 Å². The van der Waals surface area contributed by atoms with Crippen LogP contribution in [0.1, 0.15) is 80.1 Å². The lowest BCUT2D eigenvalue weighted by Crippen LogP contribution is -2.59. The predicted molar refractivity (Wildman–Crippen MR) is 107 cm³/mol. The van der Waals surface area contributed by atoms with Crippen molar-refractivity contribution in [1.82, 2.24) is 5.32 Å². The van der Waals surface area contributed by atoms with Crippen LogP contribution >= 0.6 is 0 Å². The van der Waals surface area contributed by atoms with Crippen LogP contribution in [0.15, 0.2) is 29.3 Å². The van der Waals surface area contributed by atoms with Gasteiger partial charge in [-0.05, 0) is 66.2 Å². The summed E-state index contributed by atoms with van der Waals surface area (Å²) in [6, 6.07) is 0. The molecule has 2 aliphatic rings. The molecule has 1 fully saturated rings. The van der Waals surface area contributed by atoms with Crippen LogP contribution in [0.2, 0.25) is 0 Å². The van der Waals surface area contributed by atoms with E-state index in [1.807, 2.05) is 0 Å². The van der Waals surface area contributed by atoms with Crippen molar-refractivity contribution in [3.63, 3.8) is 0 Å². The molecule has 1 N–H and O–H groups in total. The van der Waals surface area contributed by atoms with E-state index in [1.54, 1.807) is 0 Å². The molecule has 0 aromatic heterocycles. The van der Waals surface area contributed by atoms with Crippen molar-refractivity contribution >= 4 is 5.71 Å². The average Bonchev–Trinajstić information content (AvgIpc) is 2.39. The van der Waals surface area contributed by atoms with E-state index in [9.17, 15) is 0 Å². The van der Waals surface area contributed by atoms with Crippen LogP contribution in [0.3, 0.4) is 0 Å². The molecule has 0 aliphatic carbocycles. The Morgan fingerprint density at radius 1 is 0.833 bits per heavy atom. The highest BCUT2D eigenvalue weighted by molar-refractivity contribution is 5.92. The zero-order valence-electron chi connectivity index (χ0n) is 16.8. The second-order valence-corrected chi connectivity index (χ2v) is 9.66. The monoisotopic (exact) mass is 330 g/mol. The van der Waals surface area contributed by atoms with E-state index < -0.39 is 0 Å². The molecule has 2 nitrogen and oxygen atoms in total. The smallest absolute Gasteiger partial charge is 0.0423 e. The number of hydrogen-bond acceptors (Lipinski definition) is 2. The van der Waals surface area contributed by atoms with Crippen molar-refractivity contribution in [2.24, 2.45) is 16.3 Å². The summed E-state index contributed by atoms with van der Waals surface area (Å²) in [7, 11) is 0. The van der Waals surface area contributed by atoms with E-state index in [4.69, 9.17) is 4.99 Å². The van der Waals surface area contributed by atoms with E-state index in [0.717, 1.165) is 32.2 Å². The molecule has 2 heterocycles. The summed E-state index contributed by atoms with van der Waals surface area (Å²) in [4.78, 5) is 5.17. The lowest BCUT2D eigenvalue weighted by molar-refractivity contribution is 0.153. The first-order chi connectivity index (χ1) is 11.1. The fourth-order valence-electron chi connectivity index (χ4n) is 4.70. The maximum atomic E-state index is 5.17. The number of rotatable bonds is 1. The normalized spacial score (nSPS) is 27.8. The van der Waals surface area contributed by atoms with Crippen molar-refractivity contribution in [3.8, 4) is 0 Å². The molecule has 0 aromatic rings. The van der Waals surface area contributed by atoms with Gasteiger partial charge in [0, 0.05) is 34.7 Å². The van der Waals surface area contributed by atoms with E-state index in [-0.39, 0.29) is 16.5 Å². The Hall–Kier alpha value is -0.890. The minimum absolute atomic E-state index is 0.146. The van der Waals surface area contributed by atoms with Gasteiger partial charge in [0.2, 0.25) is 0 Å². The van der Waals surface area contributed by atoms with Crippen molar-refractivity contribution in [2.75, 3.05) is 6.54 Å². The third-order valence-electron chi connectivity index (χ3n) is 5.31. The third-order valence-corrected chi connectivity index (χ3v) is 5.31. The molecule has 0 bridgehead atoms. The maximum absolute atomic E-state index is 5.17. The highest BCUT2D eigenvalue weighted by Gasteiger charge is 2.42. The SMILES string of the molecule is CC1(C)CC(C2=NCCC=CCCC=CCC2(C)C)CC(C)(C)N1. The third kappa shape index (κ3) is 5.58. The molecule has 1 saturated heterocycles. The Labute approximate surface area is 149 Å². The van der Waals surface area contributed by atoms with Crippen LogP contribution < -0.4 is 5.32 Å². The van der Waals surface area contributed by atoms with Crippen LogP contribution in [0.25, 0.3) is 0 Å². The number of aliphatic imine (C=N–C) groups is 1. The predicted octanol–water partition coefficient (Wildman–Crippen LogP) is 5.70. The standard InChI is InChI=1S/C22H38N2/c1-20(2)14-12-10-8-7-9-11-13-15-23-19(20)18-16-21(3,4)24-22(5,6)17-18/h9-12,18,24H,7-8,13-17H2,1-6H3. The number of allylic oxidation sites excluding steroid dienone is 3. The van der Waals surface area contributed by atoms with E-state index in [0.29, 0.717) is 5.92 Å². The van der Waals surface area contributed by atoms with E-state index in [2.05, 4.69) is 71.2 Å². The fraction of sp³-hybridized carbons (Fsp3) is 0.773. The van der Waals surface area contributed by atoms with Crippen molar-refractivity contribution in [1.29, 1.82) is 0 Å². The Morgan fingerprint density at radius 3 is 2.00 bits per heavy atom. The first-order valence-corrected chi connectivity index (χ1v) is 9.76. The molecule has 0 spiro atoms. The molecular weight excluding hydrogens is 292 g/mol. The topological polar surface area (TPSA) is 24.4 Å². The molecule has 0 aromatic carbocycles. The van der Waals surface area contributed by atoms with Crippen molar-refractivity contribution in [2.45, 2.75) is 91.1 Å². The number of piperidine rings is 1. The first-order valence-electron chi connectivity index (χ1n) is 9.76. The highest BCUT2D eigenvalue weighted by atomic mass is 15.1. The van der Waals surface area contributed by atoms with Crippen LogP contribution in [0, 0.1) is 11.3 Å². The van der Waals surface area contributed by atoms with Gasteiger partial charge in [0.05, 0.1) is 0 Å². The summed E-state index contributed by atoms with van der Waals surface area (Å²) in [6.07, 6.45) is 16.2. The van der Waals surface area contributed by atoms with Crippen LogP contribution in [0.5, 0.6) is 0 Å². The molecule has 2 rings (SSSR count). The highest BCUT2D eigenvalue weighted by Crippen LogP contribution is 2.39. The summed E-state index contributed by atoms with van der Waals surface area (Å²) in [5, 5.41) is 3.82. The summed E-state index contributed by atoms with van der Waals surface area (Å²) < 4.78 is 0. The Morgan fingerprint density at radius 2 is 1.38 bits per heavy atom. The second kappa shape index (κ2) is 7.56. The second-order valence-electron chi connectivity index (χ2n) is 9.66. The van der Waals surface area contributed by atoms with Crippen LogP contribution in [-0.2, 0) is 0 Å². The molecule has 2 heteroatoms. The lowest BCUT2D eigenvalue weighted by Gasteiger charge is -2.48. The summed E-state index contributed by atoms with van der Waals surface area (Å²) >= 11 is 0. The molecule has 0 amide bonds. The van der Waals surface area contributed by atoms with Gasteiger partial charge in [-0.25, -0.2) is 0 Å². The molecule has 0 unspecified atom stereocenters. The minimum atomic E-state index is 0.146. The zero-order valence-corrected chi connectivity index (χ0v) is 16.8. The van der Waals surface area contributed by atoms with Crippen LogP contribution in [-0.4, -0.2) is 23.3 Å². The Balaban J connectivity index is 2.30. The summed E-state index contributed by atoms with van der Waals surface area (Å²) in [5.74, 6) is 0.576. The zero-order chi connectivity index (χ0) is 17.8. The van der Waals surface area contributed by atoms with Crippen molar-refractivity contribution < 1.29 is 0 Å². The molecule has 136 valence electrons. The van der Waals surface area contributed by atoms with Gasteiger partial charge in [0.1, 0.15) is 0 Å². The molecule has 0 saturated carbocycles. The van der Waals surface area contributed by atoms with Gasteiger partial charge in [-0.15, -0.1) is 0 Å². The molecule has 24 heavy (non-hydrogen) atoms. The number of hydrogen-bond donors (Lipinski definition) is 1.